The molecule has 1 aromatic carbocycles. The maximum absolute atomic E-state index is 10.5. The van der Waals surface area contributed by atoms with Gasteiger partial charge in [-0.15, -0.1) is 0 Å². The van der Waals surface area contributed by atoms with E-state index in [2.05, 4.69) is 0 Å². The lowest BCUT2D eigenvalue weighted by atomic mass is 10.0. The summed E-state index contributed by atoms with van der Waals surface area (Å²) in [6, 6.07) is 4.05. The minimum atomic E-state index is -0.453. The van der Waals surface area contributed by atoms with Gasteiger partial charge in [-0.25, -0.2) is 0 Å². The number of rotatable bonds is 1. The van der Waals surface area contributed by atoms with E-state index in [9.17, 15) is 10.1 Å². The van der Waals surface area contributed by atoms with Crippen LogP contribution in [-0.2, 0) is 0 Å². The number of nitrogens with zero attached hydrogens (tertiary/aromatic N) is 1. The van der Waals surface area contributed by atoms with E-state index in [4.69, 9.17) is 10.5 Å². The topological polar surface area (TPSA) is 78.4 Å². The van der Waals surface area contributed by atoms with Gasteiger partial charge in [-0.3, -0.25) is 10.1 Å². The molecule has 0 radical (unpaired) electrons. The van der Waals surface area contributed by atoms with E-state index >= 15 is 0 Å². The average molecular weight is 192 g/mol. The first kappa shape index (κ1) is 8.71. The van der Waals surface area contributed by atoms with E-state index in [0.29, 0.717) is 11.3 Å². The van der Waals surface area contributed by atoms with Crippen LogP contribution in [0.5, 0.6) is 5.75 Å². The fourth-order valence-corrected chi connectivity index (χ4v) is 1.32. The molecule has 1 heterocycles. The number of fused-ring (bicyclic) bond motifs is 1. The second kappa shape index (κ2) is 3.12. The molecule has 14 heavy (non-hydrogen) atoms. The largest absolute Gasteiger partial charge is 0.465 e. The van der Waals surface area contributed by atoms with Crippen molar-refractivity contribution in [1.29, 1.82) is 0 Å². The number of nitro benzene ring substituents is 1. The number of non-ortho nitro benzene ring substituents is 1. The van der Waals surface area contributed by atoms with Crippen LogP contribution in [0.2, 0.25) is 0 Å². The molecule has 0 saturated carbocycles. The standard InChI is InChI=1S/C9H8N2O3/c10-8-3-4-14-9-2-1-6(11(12)13)5-7(8)9/h1-5,8H,10H2/t8-/m0/s1. The van der Waals surface area contributed by atoms with Crippen molar-refractivity contribution in [3.63, 3.8) is 0 Å². The van der Waals surface area contributed by atoms with E-state index in [1.807, 2.05) is 0 Å². The van der Waals surface area contributed by atoms with Gasteiger partial charge in [0, 0.05) is 17.7 Å². The highest BCUT2D eigenvalue weighted by molar-refractivity contribution is 5.48. The highest BCUT2D eigenvalue weighted by Crippen LogP contribution is 2.31. The summed E-state index contributed by atoms with van der Waals surface area (Å²) in [5.41, 5.74) is 6.39. The molecule has 5 nitrogen and oxygen atoms in total. The van der Waals surface area contributed by atoms with Crippen molar-refractivity contribution >= 4 is 5.69 Å². The molecule has 72 valence electrons. The molecule has 1 aromatic rings. The lowest BCUT2D eigenvalue weighted by molar-refractivity contribution is -0.384. The first-order valence-electron chi connectivity index (χ1n) is 4.06. The van der Waals surface area contributed by atoms with Gasteiger partial charge < -0.3 is 10.5 Å². The lowest BCUT2D eigenvalue weighted by Gasteiger charge is -2.16. The van der Waals surface area contributed by atoms with Crippen molar-refractivity contribution in [2.45, 2.75) is 6.04 Å². The van der Waals surface area contributed by atoms with E-state index in [0.717, 1.165) is 0 Å². The second-order valence-electron chi connectivity index (χ2n) is 2.95. The van der Waals surface area contributed by atoms with Gasteiger partial charge in [-0.1, -0.05) is 0 Å². The van der Waals surface area contributed by atoms with Gasteiger partial charge in [0.15, 0.2) is 0 Å². The highest BCUT2D eigenvalue weighted by atomic mass is 16.6. The Hall–Kier alpha value is -1.88. The number of benzene rings is 1. The fourth-order valence-electron chi connectivity index (χ4n) is 1.32. The molecule has 0 unspecified atom stereocenters. The molecule has 0 aliphatic carbocycles. The second-order valence-corrected chi connectivity index (χ2v) is 2.95. The van der Waals surface area contributed by atoms with Crippen LogP contribution in [0.4, 0.5) is 5.69 Å². The third kappa shape index (κ3) is 1.33. The summed E-state index contributed by atoms with van der Waals surface area (Å²) in [4.78, 5) is 10.0. The minimum Gasteiger partial charge on any atom is -0.465 e. The van der Waals surface area contributed by atoms with Crippen molar-refractivity contribution in [2.75, 3.05) is 0 Å². The quantitative estimate of drug-likeness (QED) is 0.540. The number of hydrogen-bond acceptors (Lipinski definition) is 4. The Morgan fingerprint density at radius 3 is 3.00 bits per heavy atom. The molecule has 0 amide bonds. The molecular weight excluding hydrogens is 184 g/mol. The lowest BCUT2D eigenvalue weighted by Crippen LogP contribution is -2.12. The van der Waals surface area contributed by atoms with E-state index in [1.54, 1.807) is 12.1 Å². The SMILES string of the molecule is N[C@H]1C=COc2ccc([N+](=O)[O-])cc21. The van der Waals surface area contributed by atoms with E-state index < -0.39 is 4.92 Å². The van der Waals surface area contributed by atoms with Crippen LogP contribution in [0.1, 0.15) is 11.6 Å². The number of nitrogens with two attached hydrogens (primary N) is 1. The molecule has 0 bridgehead atoms. The highest BCUT2D eigenvalue weighted by Gasteiger charge is 2.17. The maximum atomic E-state index is 10.5. The van der Waals surface area contributed by atoms with Crippen molar-refractivity contribution in [2.24, 2.45) is 5.73 Å². The van der Waals surface area contributed by atoms with Gasteiger partial charge in [0.2, 0.25) is 0 Å². The third-order valence-electron chi connectivity index (χ3n) is 2.04. The molecule has 1 aliphatic rings. The van der Waals surface area contributed by atoms with Crippen molar-refractivity contribution in [1.82, 2.24) is 0 Å². The average Bonchev–Trinajstić information content (AvgIpc) is 2.18. The van der Waals surface area contributed by atoms with Crippen LogP contribution in [0.15, 0.2) is 30.5 Å². The van der Waals surface area contributed by atoms with Gasteiger partial charge in [0.05, 0.1) is 17.2 Å². The normalized spacial score (nSPS) is 18.5. The predicted octanol–water partition coefficient (Wildman–Crippen LogP) is 1.50. The monoisotopic (exact) mass is 192 g/mol. The summed E-state index contributed by atoms with van der Waals surface area (Å²) in [7, 11) is 0. The zero-order chi connectivity index (χ0) is 10.1. The molecule has 0 fully saturated rings. The van der Waals surface area contributed by atoms with Gasteiger partial charge >= 0.3 is 0 Å². The van der Waals surface area contributed by atoms with Crippen LogP contribution >= 0.6 is 0 Å². The Morgan fingerprint density at radius 1 is 1.50 bits per heavy atom. The summed E-state index contributed by atoms with van der Waals surface area (Å²) in [5.74, 6) is 0.575. The molecule has 0 aromatic heterocycles. The third-order valence-corrected chi connectivity index (χ3v) is 2.04. The van der Waals surface area contributed by atoms with Gasteiger partial charge in [-0.2, -0.15) is 0 Å². The molecular formula is C9H8N2O3. The molecule has 1 atom stereocenters. The molecule has 0 saturated heterocycles. The summed E-state index contributed by atoms with van der Waals surface area (Å²) < 4.78 is 5.15. The van der Waals surface area contributed by atoms with Crippen LogP contribution in [0.25, 0.3) is 0 Å². The van der Waals surface area contributed by atoms with Crippen molar-refractivity contribution in [3.8, 4) is 5.75 Å². The Kier molecular flexibility index (Phi) is 1.94. The van der Waals surface area contributed by atoms with E-state index in [1.165, 1.54) is 18.4 Å². The Labute approximate surface area is 79.9 Å². The summed E-state index contributed by atoms with van der Waals surface area (Å²) >= 11 is 0. The molecule has 1 aliphatic heterocycles. The maximum Gasteiger partial charge on any atom is 0.270 e. The van der Waals surface area contributed by atoms with Crippen LogP contribution in [0.3, 0.4) is 0 Å². The van der Waals surface area contributed by atoms with Crippen LogP contribution in [-0.4, -0.2) is 4.92 Å². The number of hydrogen-bond donors (Lipinski definition) is 1. The first-order chi connectivity index (χ1) is 6.68. The minimum absolute atomic E-state index is 0.0260. The predicted molar refractivity (Wildman–Crippen MR) is 49.8 cm³/mol. The zero-order valence-corrected chi connectivity index (χ0v) is 7.21. The van der Waals surface area contributed by atoms with Crippen molar-refractivity contribution in [3.05, 3.63) is 46.2 Å². The van der Waals surface area contributed by atoms with Crippen molar-refractivity contribution < 1.29 is 9.66 Å². The number of nitro groups is 1. The van der Waals surface area contributed by atoms with Crippen LogP contribution in [0, 0.1) is 10.1 Å². The van der Waals surface area contributed by atoms with Gasteiger partial charge in [0.1, 0.15) is 5.75 Å². The summed E-state index contributed by atoms with van der Waals surface area (Å²) in [5, 5.41) is 10.5. The summed E-state index contributed by atoms with van der Waals surface area (Å²) in [6.07, 6.45) is 3.13. The smallest absolute Gasteiger partial charge is 0.270 e. The number of ether oxygens (including phenoxy) is 1. The molecule has 2 rings (SSSR count). The van der Waals surface area contributed by atoms with Gasteiger partial charge in [-0.05, 0) is 12.1 Å². The molecule has 2 N–H and O–H groups in total. The first-order valence-corrected chi connectivity index (χ1v) is 4.06. The Morgan fingerprint density at radius 2 is 2.29 bits per heavy atom. The molecule has 5 heteroatoms. The fraction of sp³-hybridized carbons (Fsp3) is 0.111. The molecule has 0 spiro atoms. The van der Waals surface area contributed by atoms with Crippen LogP contribution < -0.4 is 10.5 Å². The summed E-state index contributed by atoms with van der Waals surface area (Å²) in [6.45, 7) is 0. The van der Waals surface area contributed by atoms with Gasteiger partial charge in [0.25, 0.3) is 5.69 Å². The zero-order valence-electron chi connectivity index (χ0n) is 7.21. The van der Waals surface area contributed by atoms with E-state index in [-0.39, 0.29) is 11.7 Å². The Balaban J connectivity index is 2.49. The Bertz CT molecular complexity index is 415.